The van der Waals surface area contributed by atoms with Crippen LogP contribution in [0, 0.1) is 5.92 Å². The molecule has 1 N–H and O–H groups in total. The van der Waals surface area contributed by atoms with Crippen LogP contribution >= 0.6 is 23.1 Å². The van der Waals surface area contributed by atoms with E-state index in [9.17, 15) is 14.7 Å². The quantitative estimate of drug-likeness (QED) is 0.635. The van der Waals surface area contributed by atoms with Crippen LogP contribution in [-0.2, 0) is 16.0 Å². The number of fused-ring (bicyclic) bond motifs is 1. The number of nitrogens with zero attached hydrogens (tertiary/aromatic N) is 3. The smallest absolute Gasteiger partial charge is 0.308 e. The average molecular weight is 380 g/mol. The van der Waals surface area contributed by atoms with Gasteiger partial charge in [0.25, 0.3) is 0 Å². The fourth-order valence-corrected chi connectivity index (χ4v) is 4.98. The van der Waals surface area contributed by atoms with Gasteiger partial charge in [-0.2, -0.15) is 0 Å². The third kappa shape index (κ3) is 3.95. The second kappa shape index (κ2) is 7.70. The van der Waals surface area contributed by atoms with Crippen molar-refractivity contribution < 1.29 is 14.7 Å². The number of carbonyl (C=O) groups is 2. The van der Waals surface area contributed by atoms with E-state index >= 15 is 0 Å². The number of aliphatic carboxylic acids is 1. The Morgan fingerprint density at radius 3 is 3.00 bits per heavy atom. The van der Waals surface area contributed by atoms with Crippen molar-refractivity contribution in [1.82, 2.24) is 14.9 Å². The van der Waals surface area contributed by atoms with Gasteiger partial charge in [0, 0.05) is 23.4 Å². The molecule has 0 spiro atoms. The van der Waals surface area contributed by atoms with Crippen molar-refractivity contribution in [3.63, 3.8) is 0 Å². The summed E-state index contributed by atoms with van der Waals surface area (Å²) in [7, 11) is 0. The molecule has 3 rings (SSSR count). The van der Waals surface area contributed by atoms with Crippen LogP contribution in [0.4, 0.5) is 0 Å². The van der Waals surface area contributed by atoms with Crippen LogP contribution < -0.4 is 0 Å². The molecule has 2 unspecified atom stereocenters. The fraction of sp³-hybridized carbons (Fsp3) is 0.529. The first-order valence-corrected chi connectivity index (χ1v) is 10.1. The van der Waals surface area contributed by atoms with E-state index in [1.807, 2.05) is 6.92 Å². The molecule has 0 saturated carbocycles. The molecule has 6 nitrogen and oxygen atoms in total. The molecule has 0 aliphatic carbocycles. The Balaban J connectivity index is 1.73. The Kier molecular flexibility index (Phi) is 5.58. The van der Waals surface area contributed by atoms with Crippen molar-refractivity contribution in [2.24, 2.45) is 5.92 Å². The van der Waals surface area contributed by atoms with Crippen molar-refractivity contribution in [2.75, 3.05) is 13.1 Å². The van der Waals surface area contributed by atoms with Crippen LogP contribution in [0.1, 0.15) is 31.6 Å². The second-order valence-electron chi connectivity index (χ2n) is 6.19. The molecule has 0 aromatic carbocycles. The van der Waals surface area contributed by atoms with Crippen LogP contribution in [0.25, 0.3) is 10.2 Å². The molecule has 3 heterocycles. The van der Waals surface area contributed by atoms with Crippen LogP contribution in [-0.4, -0.2) is 50.2 Å². The Morgan fingerprint density at radius 1 is 1.48 bits per heavy atom. The summed E-state index contributed by atoms with van der Waals surface area (Å²) in [5.41, 5.74) is 0. The van der Waals surface area contributed by atoms with Gasteiger partial charge in [-0.25, -0.2) is 9.97 Å². The summed E-state index contributed by atoms with van der Waals surface area (Å²) in [6, 6.07) is 2.10. The molecule has 0 radical (unpaired) electrons. The van der Waals surface area contributed by atoms with Gasteiger partial charge in [0.2, 0.25) is 5.91 Å². The van der Waals surface area contributed by atoms with E-state index in [0.717, 1.165) is 28.1 Å². The molecular weight excluding hydrogens is 358 g/mol. The Bertz CT molecular complexity index is 793. The fourth-order valence-electron chi connectivity index (χ4n) is 3.01. The van der Waals surface area contributed by atoms with Crippen LogP contribution in [0.15, 0.2) is 17.4 Å². The predicted molar refractivity (Wildman–Crippen MR) is 99.1 cm³/mol. The maximum atomic E-state index is 12.7. The van der Waals surface area contributed by atoms with Crippen molar-refractivity contribution in [1.29, 1.82) is 0 Å². The minimum absolute atomic E-state index is 0.0198. The zero-order valence-corrected chi connectivity index (χ0v) is 15.9. The number of carbonyl (C=O) groups excluding carboxylic acids is 1. The van der Waals surface area contributed by atoms with Gasteiger partial charge in [0.1, 0.15) is 16.2 Å². The molecule has 1 saturated heterocycles. The van der Waals surface area contributed by atoms with Crippen molar-refractivity contribution in [3.8, 4) is 0 Å². The lowest BCUT2D eigenvalue weighted by atomic mass is 9.98. The number of aryl methyl sites for hydroxylation is 1. The summed E-state index contributed by atoms with van der Waals surface area (Å²) in [5, 5.41) is 10.7. The Morgan fingerprint density at radius 2 is 2.28 bits per heavy atom. The number of thioether (sulfide) groups is 1. The molecule has 2 atom stereocenters. The minimum atomic E-state index is -0.819. The number of hydrogen-bond donors (Lipinski definition) is 1. The molecule has 2 aromatic rings. The van der Waals surface area contributed by atoms with E-state index in [-0.39, 0.29) is 11.2 Å². The first kappa shape index (κ1) is 18.1. The number of carboxylic acids is 1. The molecule has 2 aromatic heterocycles. The molecule has 25 heavy (non-hydrogen) atoms. The number of thiophene rings is 1. The van der Waals surface area contributed by atoms with Gasteiger partial charge < -0.3 is 10.0 Å². The first-order valence-electron chi connectivity index (χ1n) is 8.41. The third-order valence-corrected chi connectivity index (χ3v) is 6.70. The third-order valence-electron chi connectivity index (χ3n) is 4.41. The highest BCUT2D eigenvalue weighted by Gasteiger charge is 2.31. The number of likely N-dealkylation sites (tertiary alicyclic amines) is 1. The maximum Gasteiger partial charge on any atom is 0.308 e. The number of piperidine rings is 1. The minimum Gasteiger partial charge on any atom is -0.481 e. The highest BCUT2D eigenvalue weighted by atomic mass is 32.2. The summed E-state index contributed by atoms with van der Waals surface area (Å²) in [6.45, 7) is 4.90. The van der Waals surface area contributed by atoms with Crippen molar-refractivity contribution in [3.05, 3.63) is 17.3 Å². The molecule has 1 aliphatic heterocycles. The summed E-state index contributed by atoms with van der Waals surface area (Å²) >= 11 is 3.08. The van der Waals surface area contributed by atoms with Gasteiger partial charge >= 0.3 is 5.97 Å². The topological polar surface area (TPSA) is 83.4 Å². The second-order valence-corrected chi connectivity index (χ2v) is 8.63. The van der Waals surface area contributed by atoms with E-state index in [0.29, 0.717) is 19.5 Å². The van der Waals surface area contributed by atoms with Gasteiger partial charge in [-0.1, -0.05) is 18.7 Å². The summed E-state index contributed by atoms with van der Waals surface area (Å²) in [6.07, 6.45) is 3.87. The van der Waals surface area contributed by atoms with Gasteiger partial charge in [-0.15, -0.1) is 11.3 Å². The zero-order valence-electron chi connectivity index (χ0n) is 14.3. The summed E-state index contributed by atoms with van der Waals surface area (Å²) < 4.78 is 0. The van der Waals surface area contributed by atoms with Gasteiger partial charge in [0.05, 0.1) is 11.2 Å². The number of aromatic nitrogens is 2. The lowest BCUT2D eigenvalue weighted by Gasteiger charge is -2.32. The largest absolute Gasteiger partial charge is 0.481 e. The van der Waals surface area contributed by atoms with Crippen LogP contribution in [0.3, 0.4) is 0 Å². The first-order chi connectivity index (χ1) is 12.0. The van der Waals surface area contributed by atoms with Crippen molar-refractivity contribution >= 4 is 45.2 Å². The van der Waals surface area contributed by atoms with Gasteiger partial charge in [0.15, 0.2) is 0 Å². The lowest BCUT2D eigenvalue weighted by molar-refractivity contribution is -0.145. The van der Waals surface area contributed by atoms with Crippen LogP contribution in [0.5, 0.6) is 0 Å². The molecule has 1 amide bonds. The van der Waals surface area contributed by atoms with E-state index < -0.39 is 11.9 Å². The standard InChI is InChI=1S/C17H21N3O3S2/c1-3-12-7-13-14(18-9-19-15(13)25-12)24-10(2)16(21)20-6-4-5-11(8-20)17(22)23/h7,9-11H,3-6,8H2,1-2H3,(H,22,23). The molecule has 134 valence electrons. The molecule has 8 heteroatoms. The Hall–Kier alpha value is -1.67. The number of carboxylic acid groups (broad SMARTS) is 1. The SMILES string of the molecule is CCc1cc2c(SC(C)C(=O)N3CCCC(C(=O)O)C3)ncnc2s1. The zero-order chi connectivity index (χ0) is 18.0. The van der Waals surface area contributed by atoms with Gasteiger partial charge in [-0.05, 0) is 32.3 Å². The summed E-state index contributed by atoms with van der Waals surface area (Å²) in [5.74, 6) is -1.29. The number of hydrogen-bond acceptors (Lipinski definition) is 6. The number of amides is 1. The van der Waals surface area contributed by atoms with Crippen LogP contribution in [0.2, 0.25) is 0 Å². The highest BCUT2D eigenvalue weighted by molar-refractivity contribution is 8.00. The molecule has 0 bridgehead atoms. The van der Waals surface area contributed by atoms with E-state index in [1.165, 1.54) is 16.6 Å². The maximum absolute atomic E-state index is 12.7. The van der Waals surface area contributed by atoms with Gasteiger partial charge in [-0.3, -0.25) is 9.59 Å². The normalized spacial score (nSPS) is 19.1. The Labute approximate surface area is 154 Å². The molecule has 1 fully saturated rings. The van der Waals surface area contributed by atoms with E-state index in [4.69, 9.17) is 0 Å². The lowest BCUT2D eigenvalue weighted by Crippen LogP contribution is -2.45. The van der Waals surface area contributed by atoms with E-state index in [1.54, 1.807) is 22.6 Å². The monoisotopic (exact) mass is 379 g/mol. The predicted octanol–water partition coefficient (Wildman–Crippen LogP) is 3.06. The number of rotatable bonds is 5. The summed E-state index contributed by atoms with van der Waals surface area (Å²) in [4.78, 5) is 36.5. The molecule has 1 aliphatic rings. The molecular formula is C17H21N3O3S2. The van der Waals surface area contributed by atoms with Crippen molar-refractivity contribution in [2.45, 2.75) is 43.4 Å². The highest BCUT2D eigenvalue weighted by Crippen LogP contribution is 2.33. The average Bonchev–Trinajstić information content (AvgIpc) is 3.05. The van der Waals surface area contributed by atoms with E-state index in [2.05, 4.69) is 23.0 Å².